The Bertz CT molecular complexity index is 1370. The molecule has 1 atom stereocenters. The molecule has 0 aliphatic heterocycles. The standard InChI is InChI=1S/C31H30O3S/c1-5-8-25(17-30(32)33-6-2)24-13-11-23(12-14-24)19-34-26-15-16-29-27(18-26)28(20-35-29)31-21(3)9-7-10-22(31)4/h7,9-16,18,20,25H,6,17,19H2,1-4H3/t25-/m0/s1. The van der Waals surface area contributed by atoms with Crippen LogP contribution in [0.1, 0.15) is 48.4 Å². The molecule has 0 aliphatic carbocycles. The number of carbonyl (C=O) groups is 1. The summed E-state index contributed by atoms with van der Waals surface area (Å²) < 4.78 is 12.5. The largest absolute Gasteiger partial charge is 0.489 e. The molecule has 0 amide bonds. The van der Waals surface area contributed by atoms with Crippen molar-refractivity contribution in [1.82, 2.24) is 0 Å². The zero-order chi connectivity index (χ0) is 24.8. The summed E-state index contributed by atoms with van der Waals surface area (Å²) in [7, 11) is 0. The van der Waals surface area contributed by atoms with Gasteiger partial charge in [0.1, 0.15) is 12.4 Å². The van der Waals surface area contributed by atoms with Crippen LogP contribution in [0.5, 0.6) is 5.75 Å². The van der Waals surface area contributed by atoms with Crippen LogP contribution < -0.4 is 4.74 Å². The topological polar surface area (TPSA) is 35.5 Å². The minimum atomic E-state index is -0.225. The van der Waals surface area contributed by atoms with Crippen molar-refractivity contribution in [2.24, 2.45) is 0 Å². The number of fused-ring (bicyclic) bond motifs is 1. The Hall–Kier alpha value is -3.55. The first kappa shape index (κ1) is 24.6. The first-order chi connectivity index (χ1) is 17.0. The molecule has 0 saturated carbocycles. The summed E-state index contributed by atoms with van der Waals surface area (Å²) in [4.78, 5) is 11.9. The third-order valence-corrected chi connectivity index (χ3v) is 7.04. The van der Waals surface area contributed by atoms with Crippen molar-refractivity contribution in [2.45, 2.75) is 46.6 Å². The number of hydrogen-bond donors (Lipinski definition) is 0. The molecule has 0 fully saturated rings. The molecule has 3 nitrogen and oxygen atoms in total. The zero-order valence-corrected chi connectivity index (χ0v) is 21.5. The molecule has 1 heterocycles. The highest BCUT2D eigenvalue weighted by atomic mass is 32.1. The molecule has 1 aromatic heterocycles. The number of ether oxygens (including phenoxy) is 2. The lowest BCUT2D eigenvalue weighted by Gasteiger charge is -2.12. The van der Waals surface area contributed by atoms with Crippen LogP contribution in [0.2, 0.25) is 0 Å². The SMILES string of the molecule is CC#C[C@@H](CC(=O)OCC)c1ccc(COc2ccc3scc(-c4c(C)cccc4C)c3c2)cc1. The van der Waals surface area contributed by atoms with Crippen LogP contribution in [-0.4, -0.2) is 12.6 Å². The van der Waals surface area contributed by atoms with Crippen LogP contribution in [-0.2, 0) is 16.1 Å². The Morgan fingerprint density at radius 1 is 1.03 bits per heavy atom. The quantitative estimate of drug-likeness (QED) is 0.190. The van der Waals surface area contributed by atoms with Gasteiger partial charge in [-0.15, -0.1) is 17.3 Å². The first-order valence-electron chi connectivity index (χ1n) is 11.9. The third kappa shape index (κ3) is 5.75. The molecular formula is C31H30O3S. The molecular weight excluding hydrogens is 452 g/mol. The van der Waals surface area contributed by atoms with Gasteiger partial charge in [-0.05, 0) is 79.1 Å². The van der Waals surface area contributed by atoms with Gasteiger partial charge in [0.25, 0.3) is 0 Å². The second-order valence-electron chi connectivity index (χ2n) is 8.56. The van der Waals surface area contributed by atoms with Crippen molar-refractivity contribution in [3.63, 3.8) is 0 Å². The van der Waals surface area contributed by atoms with Gasteiger partial charge in [0.2, 0.25) is 0 Å². The highest BCUT2D eigenvalue weighted by Gasteiger charge is 2.15. The van der Waals surface area contributed by atoms with E-state index in [2.05, 4.69) is 61.4 Å². The van der Waals surface area contributed by atoms with Gasteiger partial charge in [-0.2, -0.15) is 0 Å². The van der Waals surface area contributed by atoms with Gasteiger partial charge >= 0.3 is 5.97 Å². The van der Waals surface area contributed by atoms with E-state index in [1.807, 2.05) is 37.3 Å². The fourth-order valence-electron chi connectivity index (χ4n) is 4.36. The Labute approximate surface area is 211 Å². The predicted molar refractivity (Wildman–Crippen MR) is 145 cm³/mol. The molecule has 3 aromatic carbocycles. The van der Waals surface area contributed by atoms with Gasteiger partial charge in [-0.3, -0.25) is 4.79 Å². The maximum atomic E-state index is 11.9. The summed E-state index contributed by atoms with van der Waals surface area (Å²) in [6.07, 6.45) is 0.258. The Balaban J connectivity index is 1.49. The summed E-state index contributed by atoms with van der Waals surface area (Å²) in [5.41, 5.74) is 7.21. The van der Waals surface area contributed by atoms with Gasteiger partial charge in [-0.25, -0.2) is 0 Å². The molecule has 4 aromatic rings. The van der Waals surface area contributed by atoms with E-state index in [1.54, 1.807) is 18.3 Å². The molecule has 178 valence electrons. The number of carbonyl (C=O) groups excluding carboxylic acids is 1. The Morgan fingerprint density at radius 3 is 2.46 bits per heavy atom. The predicted octanol–water partition coefficient (Wildman–Crippen LogP) is 7.82. The number of benzene rings is 3. The molecule has 0 aliphatic rings. The lowest BCUT2D eigenvalue weighted by molar-refractivity contribution is -0.143. The van der Waals surface area contributed by atoms with E-state index >= 15 is 0 Å². The normalized spacial score (nSPS) is 11.5. The Kier molecular flexibility index (Phi) is 7.90. The van der Waals surface area contributed by atoms with E-state index in [0.29, 0.717) is 13.2 Å². The van der Waals surface area contributed by atoms with E-state index in [-0.39, 0.29) is 18.3 Å². The molecule has 35 heavy (non-hydrogen) atoms. The van der Waals surface area contributed by atoms with Crippen molar-refractivity contribution in [3.8, 4) is 28.7 Å². The summed E-state index contributed by atoms with van der Waals surface area (Å²) in [6.45, 7) is 8.78. The highest BCUT2D eigenvalue weighted by Crippen LogP contribution is 2.39. The summed E-state index contributed by atoms with van der Waals surface area (Å²) in [5, 5.41) is 3.47. The zero-order valence-electron chi connectivity index (χ0n) is 20.7. The van der Waals surface area contributed by atoms with Gasteiger partial charge < -0.3 is 9.47 Å². The van der Waals surface area contributed by atoms with E-state index in [1.165, 1.54) is 32.3 Å². The lowest BCUT2D eigenvalue weighted by Crippen LogP contribution is -2.09. The van der Waals surface area contributed by atoms with Crippen molar-refractivity contribution < 1.29 is 14.3 Å². The average molecular weight is 483 g/mol. The van der Waals surface area contributed by atoms with Crippen LogP contribution in [0.15, 0.2) is 66.0 Å². The van der Waals surface area contributed by atoms with Crippen LogP contribution in [0.25, 0.3) is 21.2 Å². The van der Waals surface area contributed by atoms with Gasteiger partial charge in [-0.1, -0.05) is 48.4 Å². The second kappa shape index (κ2) is 11.3. The van der Waals surface area contributed by atoms with Crippen molar-refractivity contribution in [1.29, 1.82) is 0 Å². The van der Waals surface area contributed by atoms with E-state index in [9.17, 15) is 4.79 Å². The molecule has 0 N–H and O–H groups in total. The van der Waals surface area contributed by atoms with Crippen molar-refractivity contribution >= 4 is 27.4 Å². The minimum absolute atomic E-state index is 0.168. The van der Waals surface area contributed by atoms with Crippen LogP contribution >= 0.6 is 11.3 Å². The third-order valence-electron chi connectivity index (χ3n) is 6.08. The number of esters is 1. The number of thiophene rings is 1. The number of aryl methyl sites for hydroxylation is 2. The molecule has 0 unspecified atom stereocenters. The monoisotopic (exact) mass is 482 g/mol. The minimum Gasteiger partial charge on any atom is -0.489 e. The lowest BCUT2D eigenvalue weighted by atomic mass is 9.95. The molecule has 0 bridgehead atoms. The number of hydrogen-bond acceptors (Lipinski definition) is 4. The van der Waals surface area contributed by atoms with Gasteiger partial charge in [0.05, 0.1) is 18.9 Å². The van der Waals surface area contributed by atoms with Crippen molar-refractivity contribution in [3.05, 3.63) is 88.3 Å². The van der Waals surface area contributed by atoms with E-state index in [4.69, 9.17) is 9.47 Å². The van der Waals surface area contributed by atoms with Crippen LogP contribution in [0.4, 0.5) is 0 Å². The maximum Gasteiger partial charge on any atom is 0.307 e. The maximum absolute atomic E-state index is 11.9. The molecule has 0 radical (unpaired) electrons. The second-order valence-corrected chi connectivity index (χ2v) is 9.47. The molecule has 4 heteroatoms. The summed E-state index contributed by atoms with van der Waals surface area (Å²) in [5.74, 6) is 6.51. The molecule has 0 spiro atoms. The average Bonchev–Trinajstić information content (AvgIpc) is 3.26. The fraction of sp³-hybridized carbons (Fsp3) is 0.258. The summed E-state index contributed by atoms with van der Waals surface area (Å²) in [6, 6.07) is 20.9. The van der Waals surface area contributed by atoms with Gasteiger partial charge in [0.15, 0.2) is 0 Å². The van der Waals surface area contributed by atoms with E-state index < -0.39 is 0 Å². The van der Waals surface area contributed by atoms with Crippen molar-refractivity contribution in [2.75, 3.05) is 6.61 Å². The number of rotatable bonds is 8. The first-order valence-corrected chi connectivity index (χ1v) is 12.8. The van der Waals surface area contributed by atoms with Gasteiger partial charge in [0, 0.05) is 15.6 Å². The summed E-state index contributed by atoms with van der Waals surface area (Å²) >= 11 is 1.77. The van der Waals surface area contributed by atoms with Crippen LogP contribution in [0, 0.1) is 25.7 Å². The van der Waals surface area contributed by atoms with E-state index in [0.717, 1.165) is 16.9 Å². The molecule has 0 saturated heterocycles. The Morgan fingerprint density at radius 2 is 1.77 bits per heavy atom. The highest BCUT2D eigenvalue weighted by molar-refractivity contribution is 7.17. The fourth-order valence-corrected chi connectivity index (χ4v) is 5.29. The van der Waals surface area contributed by atoms with Crippen LogP contribution in [0.3, 0.4) is 0 Å². The molecule has 4 rings (SSSR count). The smallest absolute Gasteiger partial charge is 0.307 e.